The van der Waals surface area contributed by atoms with Crippen LogP contribution in [0.5, 0.6) is 0 Å². The summed E-state index contributed by atoms with van der Waals surface area (Å²) in [5.41, 5.74) is 0. The predicted octanol–water partition coefficient (Wildman–Crippen LogP) is 1.16. The Morgan fingerprint density at radius 1 is 1.36 bits per heavy atom. The third-order valence-electron chi connectivity index (χ3n) is 2.92. The van der Waals surface area contributed by atoms with Gasteiger partial charge >= 0.3 is 0 Å². The number of fused-ring (bicyclic) bond motifs is 1. The van der Waals surface area contributed by atoms with Gasteiger partial charge in [-0.05, 0) is 25.7 Å². The first-order valence-corrected chi connectivity index (χ1v) is 4.71. The van der Waals surface area contributed by atoms with Gasteiger partial charge in [-0.2, -0.15) is 0 Å². The molecule has 0 spiro atoms. The lowest BCUT2D eigenvalue weighted by Crippen LogP contribution is -2.33. The molecule has 0 amide bonds. The largest absolute Gasteiger partial charge is 0.377 e. The molecule has 11 heavy (non-hydrogen) atoms. The van der Waals surface area contributed by atoms with Crippen molar-refractivity contribution >= 4 is 0 Å². The first kappa shape index (κ1) is 7.56. The Morgan fingerprint density at radius 2 is 2.27 bits per heavy atom. The van der Waals surface area contributed by atoms with Crippen LogP contribution < -0.4 is 5.32 Å². The second-order valence-electron chi connectivity index (χ2n) is 3.85. The molecule has 1 saturated heterocycles. The molecule has 0 aromatic heterocycles. The standard InChI is InChI=1S/C9H17NO/c1-7-5-10-9-4-2-3-8(9)6-11-7/h7-10H,2-6H2,1H3. The molecule has 1 N–H and O–H groups in total. The molecule has 0 bridgehead atoms. The summed E-state index contributed by atoms with van der Waals surface area (Å²) in [5, 5.41) is 3.57. The zero-order valence-corrected chi connectivity index (χ0v) is 7.18. The lowest BCUT2D eigenvalue weighted by atomic mass is 10.1. The van der Waals surface area contributed by atoms with E-state index in [1.807, 2.05) is 0 Å². The van der Waals surface area contributed by atoms with Crippen LogP contribution in [0, 0.1) is 5.92 Å². The quantitative estimate of drug-likeness (QED) is 0.567. The Balaban J connectivity index is 1.95. The highest BCUT2D eigenvalue weighted by molar-refractivity contribution is 4.85. The highest BCUT2D eigenvalue weighted by Gasteiger charge is 2.29. The summed E-state index contributed by atoms with van der Waals surface area (Å²) in [7, 11) is 0. The fourth-order valence-electron chi connectivity index (χ4n) is 2.17. The average Bonchev–Trinajstić information content (AvgIpc) is 2.38. The molecule has 0 aromatic carbocycles. The molecule has 64 valence electrons. The van der Waals surface area contributed by atoms with E-state index in [0.717, 1.165) is 25.1 Å². The number of nitrogens with one attached hydrogen (secondary N) is 1. The first-order valence-electron chi connectivity index (χ1n) is 4.71. The minimum atomic E-state index is 0.417. The molecule has 1 aliphatic heterocycles. The van der Waals surface area contributed by atoms with Gasteiger partial charge in [-0.3, -0.25) is 0 Å². The van der Waals surface area contributed by atoms with Gasteiger partial charge in [0.25, 0.3) is 0 Å². The van der Waals surface area contributed by atoms with Crippen molar-refractivity contribution in [1.29, 1.82) is 0 Å². The summed E-state index contributed by atoms with van der Waals surface area (Å²) in [6.07, 6.45) is 4.53. The molecule has 2 aliphatic rings. The SMILES string of the molecule is CC1CNC2CCCC2CO1. The van der Waals surface area contributed by atoms with Gasteiger partial charge in [0.2, 0.25) is 0 Å². The Kier molecular flexibility index (Phi) is 2.14. The van der Waals surface area contributed by atoms with Crippen molar-refractivity contribution in [2.24, 2.45) is 5.92 Å². The van der Waals surface area contributed by atoms with Gasteiger partial charge in [-0.15, -0.1) is 0 Å². The average molecular weight is 155 g/mol. The summed E-state index contributed by atoms with van der Waals surface area (Å²) >= 11 is 0. The van der Waals surface area contributed by atoms with Gasteiger partial charge < -0.3 is 10.1 Å². The molecule has 2 rings (SSSR count). The maximum atomic E-state index is 5.65. The van der Waals surface area contributed by atoms with Gasteiger partial charge in [-0.25, -0.2) is 0 Å². The molecular weight excluding hydrogens is 138 g/mol. The lowest BCUT2D eigenvalue weighted by Gasteiger charge is -2.14. The van der Waals surface area contributed by atoms with Crippen LogP contribution in [0.3, 0.4) is 0 Å². The molecule has 3 atom stereocenters. The summed E-state index contributed by atoms with van der Waals surface area (Å²) in [6.45, 7) is 4.17. The van der Waals surface area contributed by atoms with E-state index in [2.05, 4.69) is 12.2 Å². The Hall–Kier alpha value is -0.0800. The molecule has 2 heteroatoms. The van der Waals surface area contributed by atoms with Crippen LogP contribution in [0.1, 0.15) is 26.2 Å². The summed E-state index contributed by atoms with van der Waals surface area (Å²) in [4.78, 5) is 0. The number of hydrogen-bond acceptors (Lipinski definition) is 2. The lowest BCUT2D eigenvalue weighted by molar-refractivity contribution is 0.0597. The maximum Gasteiger partial charge on any atom is 0.0671 e. The van der Waals surface area contributed by atoms with E-state index in [1.165, 1.54) is 19.3 Å². The fraction of sp³-hybridized carbons (Fsp3) is 1.00. The predicted molar refractivity (Wildman–Crippen MR) is 44.5 cm³/mol. The van der Waals surface area contributed by atoms with Crippen LogP contribution in [-0.2, 0) is 4.74 Å². The molecule has 1 heterocycles. The molecule has 2 fully saturated rings. The fourth-order valence-corrected chi connectivity index (χ4v) is 2.17. The van der Waals surface area contributed by atoms with Crippen molar-refractivity contribution in [1.82, 2.24) is 5.32 Å². The maximum absolute atomic E-state index is 5.65. The van der Waals surface area contributed by atoms with Crippen molar-refractivity contribution in [3.05, 3.63) is 0 Å². The Morgan fingerprint density at radius 3 is 3.18 bits per heavy atom. The van der Waals surface area contributed by atoms with Crippen LogP contribution in [-0.4, -0.2) is 25.3 Å². The van der Waals surface area contributed by atoms with E-state index in [9.17, 15) is 0 Å². The first-order chi connectivity index (χ1) is 5.36. The van der Waals surface area contributed by atoms with E-state index in [0.29, 0.717) is 6.10 Å². The molecule has 1 saturated carbocycles. The van der Waals surface area contributed by atoms with E-state index in [-0.39, 0.29) is 0 Å². The third-order valence-corrected chi connectivity index (χ3v) is 2.92. The Labute approximate surface area is 68.3 Å². The summed E-state index contributed by atoms with van der Waals surface area (Å²) in [5.74, 6) is 0.806. The monoisotopic (exact) mass is 155 g/mol. The highest BCUT2D eigenvalue weighted by atomic mass is 16.5. The molecule has 0 aromatic rings. The number of ether oxygens (including phenoxy) is 1. The normalized spacial score (nSPS) is 45.0. The third kappa shape index (κ3) is 1.57. The summed E-state index contributed by atoms with van der Waals surface area (Å²) in [6, 6.07) is 0.764. The van der Waals surface area contributed by atoms with Crippen LogP contribution in [0.25, 0.3) is 0 Å². The van der Waals surface area contributed by atoms with Crippen LogP contribution in [0.15, 0.2) is 0 Å². The molecule has 1 aliphatic carbocycles. The van der Waals surface area contributed by atoms with E-state index >= 15 is 0 Å². The van der Waals surface area contributed by atoms with E-state index in [4.69, 9.17) is 4.74 Å². The zero-order chi connectivity index (χ0) is 7.68. The molecule has 3 unspecified atom stereocenters. The van der Waals surface area contributed by atoms with Crippen molar-refractivity contribution in [2.75, 3.05) is 13.2 Å². The Bertz CT molecular complexity index is 124. The van der Waals surface area contributed by atoms with Crippen molar-refractivity contribution in [2.45, 2.75) is 38.3 Å². The molecule has 2 nitrogen and oxygen atoms in total. The topological polar surface area (TPSA) is 21.3 Å². The van der Waals surface area contributed by atoms with E-state index < -0.39 is 0 Å². The van der Waals surface area contributed by atoms with Crippen LogP contribution in [0.4, 0.5) is 0 Å². The minimum absolute atomic E-state index is 0.417. The van der Waals surface area contributed by atoms with Gasteiger partial charge in [0.15, 0.2) is 0 Å². The van der Waals surface area contributed by atoms with Gasteiger partial charge in [0.1, 0.15) is 0 Å². The number of rotatable bonds is 0. The zero-order valence-electron chi connectivity index (χ0n) is 7.18. The van der Waals surface area contributed by atoms with Crippen molar-refractivity contribution < 1.29 is 4.74 Å². The van der Waals surface area contributed by atoms with Crippen LogP contribution >= 0.6 is 0 Å². The minimum Gasteiger partial charge on any atom is -0.377 e. The summed E-state index contributed by atoms with van der Waals surface area (Å²) < 4.78 is 5.65. The second kappa shape index (κ2) is 3.11. The molecular formula is C9H17NO. The van der Waals surface area contributed by atoms with Crippen LogP contribution in [0.2, 0.25) is 0 Å². The highest BCUT2D eigenvalue weighted by Crippen LogP contribution is 2.27. The second-order valence-corrected chi connectivity index (χ2v) is 3.85. The van der Waals surface area contributed by atoms with Crippen molar-refractivity contribution in [3.63, 3.8) is 0 Å². The van der Waals surface area contributed by atoms with E-state index in [1.54, 1.807) is 0 Å². The van der Waals surface area contributed by atoms with Gasteiger partial charge in [-0.1, -0.05) is 6.42 Å². The number of hydrogen-bond donors (Lipinski definition) is 1. The van der Waals surface area contributed by atoms with Gasteiger partial charge in [0, 0.05) is 12.6 Å². The molecule has 0 radical (unpaired) electrons. The van der Waals surface area contributed by atoms with Gasteiger partial charge in [0.05, 0.1) is 12.7 Å². The van der Waals surface area contributed by atoms with Crippen molar-refractivity contribution in [3.8, 4) is 0 Å². The smallest absolute Gasteiger partial charge is 0.0671 e.